The lowest BCUT2D eigenvalue weighted by Crippen LogP contribution is -2.26. The Kier molecular flexibility index (Phi) is 4.51. The van der Waals surface area contributed by atoms with Gasteiger partial charge in [0.25, 0.3) is 0 Å². The zero-order valence-corrected chi connectivity index (χ0v) is 12.9. The average Bonchev–Trinajstić information content (AvgIpc) is 3.17. The predicted octanol–water partition coefficient (Wildman–Crippen LogP) is 3.98. The third-order valence-electron chi connectivity index (χ3n) is 4.43. The summed E-state index contributed by atoms with van der Waals surface area (Å²) in [7, 11) is 4.16. The number of nitrogens with zero attached hydrogens (tertiary/aromatic N) is 1. The van der Waals surface area contributed by atoms with Gasteiger partial charge in [-0.3, -0.25) is 0 Å². The third-order valence-corrected chi connectivity index (χ3v) is 4.43. The van der Waals surface area contributed by atoms with E-state index >= 15 is 0 Å². The Hall–Kier alpha value is -1.02. The van der Waals surface area contributed by atoms with Gasteiger partial charge in [-0.05, 0) is 49.3 Å². The zero-order valence-electron chi connectivity index (χ0n) is 12.9. The molecule has 1 fully saturated rings. The predicted molar refractivity (Wildman–Crippen MR) is 83.8 cm³/mol. The van der Waals surface area contributed by atoms with Crippen molar-refractivity contribution in [3.63, 3.8) is 0 Å². The summed E-state index contributed by atoms with van der Waals surface area (Å²) in [5.74, 6) is 0. The molecule has 0 saturated heterocycles. The van der Waals surface area contributed by atoms with Crippen molar-refractivity contribution < 1.29 is 0 Å². The normalized spacial score (nSPS) is 18.1. The van der Waals surface area contributed by atoms with Gasteiger partial charge in [-0.2, -0.15) is 0 Å². The third kappa shape index (κ3) is 3.73. The van der Waals surface area contributed by atoms with Gasteiger partial charge in [0.1, 0.15) is 0 Å². The van der Waals surface area contributed by atoms with Crippen molar-refractivity contribution in [2.75, 3.05) is 25.5 Å². The second-order valence-corrected chi connectivity index (χ2v) is 6.34. The van der Waals surface area contributed by atoms with Crippen LogP contribution in [0, 0.1) is 5.41 Å². The van der Waals surface area contributed by atoms with Crippen LogP contribution in [-0.4, -0.2) is 20.6 Å². The van der Waals surface area contributed by atoms with E-state index < -0.39 is 0 Å². The fraction of sp³-hybridized carbons (Fsp3) is 0.647. The van der Waals surface area contributed by atoms with Gasteiger partial charge in [-0.25, -0.2) is 0 Å². The molecule has 1 aliphatic carbocycles. The molecule has 0 spiro atoms. The van der Waals surface area contributed by atoms with Gasteiger partial charge in [0, 0.05) is 32.4 Å². The first kappa shape index (κ1) is 14.4. The second kappa shape index (κ2) is 5.96. The molecule has 1 aliphatic rings. The Morgan fingerprint density at radius 1 is 1.21 bits per heavy atom. The summed E-state index contributed by atoms with van der Waals surface area (Å²) in [6.45, 7) is 5.74. The molecule has 0 heterocycles. The summed E-state index contributed by atoms with van der Waals surface area (Å²) >= 11 is 0. The van der Waals surface area contributed by atoms with Crippen LogP contribution in [-0.2, 0) is 0 Å². The molecule has 1 aromatic rings. The molecule has 1 saturated carbocycles. The van der Waals surface area contributed by atoms with E-state index in [0.29, 0.717) is 11.5 Å². The molecule has 0 bridgehead atoms. The van der Waals surface area contributed by atoms with E-state index in [4.69, 9.17) is 0 Å². The Bertz CT molecular complexity index is 390. The molecule has 0 amide bonds. The SMILES string of the molecule is CCCC1(CNC(C)c2ccc(N(C)C)cc2)CC1. The van der Waals surface area contributed by atoms with E-state index in [1.807, 2.05) is 0 Å². The molecule has 1 N–H and O–H groups in total. The van der Waals surface area contributed by atoms with Crippen LogP contribution in [0.15, 0.2) is 24.3 Å². The van der Waals surface area contributed by atoms with Gasteiger partial charge in [-0.15, -0.1) is 0 Å². The van der Waals surface area contributed by atoms with Crippen LogP contribution in [0.2, 0.25) is 0 Å². The lowest BCUT2D eigenvalue weighted by atomic mass is 9.99. The summed E-state index contributed by atoms with van der Waals surface area (Å²) in [6.07, 6.45) is 5.53. The summed E-state index contributed by atoms with van der Waals surface area (Å²) in [5.41, 5.74) is 3.28. The largest absolute Gasteiger partial charge is 0.378 e. The van der Waals surface area contributed by atoms with Crippen molar-refractivity contribution in [3.8, 4) is 0 Å². The van der Waals surface area contributed by atoms with Gasteiger partial charge in [0.2, 0.25) is 0 Å². The molecule has 19 heavy (non-hydrogen) atoms. The molecule has 2 heteroatoms. The molecule has 0 radical (unpaired) electrons. The van der Waals surface area contributed by atoms with Crippen molar-refractivity contribution in [3.05, 3.63) is 29.8 Å². The second-order valence-electron chi connectivity index (χ2n) is 6.34. The minimum Gasteiger partial charge on any atom is -0.378 e. The van der Waals surface area contributed by atoms with Crippen molar-refractivity contribution in [2.45, 2.75) is 45.6 Å². The van der Waals surface area contributed by atoms with Crippen molar-refractivity contribution in [1.29, 1.82) is 0 Å². The van der Waals surface area contributed by atoms with E-state index in [1.165, 1.54) is 43.5 Å². The summed E-state index contributed by atoms with van der Waals surface area (Å²) in [5, 5.41) is 3.72. The molecular weight excluding hydrogens is 232 g/mol. The molecule has 106 valence electrons. The first-order valence-electron chi connectivity index (χ1n) is 7.57. The fourth-order valence-corrected chi connectivity index (χ4v) is 2.77. The minimum atomic E-state index is 0.450. The molecule has 2 rings (SSSR count). The monoisotopic (exact) mass is 260 g/mol. The van der Waals surface area contributed by atoms with E-state index in [2.05, 4.69) is 62.4 Å². The van der Waals surface area contributed by atoms with Crippen LogP contribution in [0.3, 0.4) is 0 Å². The Labute approximate surface area is 118 Å². The standard InChI is InChI=1S/C17H28N2/c1-5-10-17(11-12-17)13-18-14(2)15-6-8-16(9-7-15)19(3)4/h6-9,14,18H,5,10-13H2,1-4H3. The van der Waals surface area contributed by atoms with Crippen LogP contribution in [0.5, 0.6) is 0 Å². The quantitative estimate of drug-likeness (QED) is 0.797. The molecule has 2 nitrogen and oxygen atoms in total. The van der Waals surface area contributed by atoms with Crippen molar-refractivity contribution >= 4 is 5.69 Å². The Morgan fingerprint density at radius 3 is 2.32 bits per heavy atom. The highest BCUT2D eigenvalue weighted by atomic mass is 15.1. The number of nitrogens with one attached hydrogen (secondary N) is 1. The van der Waals surface area contributed by atoms with Gasteiger partial charge < -0.3 is 10.2 Å². The number of hydrogen-bond acceptors (Lipinski definition) is 2. The maximum absolute atomic E-state index is 3.72. The molecule has 1 unspecified atom stereocenters. The first-order valence-corrected chi connectivity index (χ1v) is 7.57. The van der Waals surface area contributed by atoms with Crippen LogP contribution < -0.4 is 10.2 Å². The summed E-state index contributed by atoms with van der Waals surface area (Å²) in [6, 6.07) is 9.34. The van der Waals surface area contributed by atoms with Crippen LogP contribution in [0.25, 0.3) is 0 Å². The molecule has 0 aliphatic heterocycles. The highest BCUT2D eigenvalue weighted by molar-refractivity contribution is 5.46. The van der Waals surface area contributed by atoms with Gasteiger partial charge >= 0.3 is 0 Å². The number of anilines is 1. The van der Waals surface area contributed by atoms with Crippen molar-refractivity contribution in [2.24, 2.45) is 5.41 Å². The topological polar surface area (TPSA) is 15.3 Å². The Balaban J connectivity index is 1.87. The van der Waals surface area contributed by atoms with Crippen LogP contribution in [0.4, 0.5) is 5.69 Å². The number of benzene rings is 1. The van der Waals surface area contributed by atoms with Crippen molar-refractivity contribution in [1.82, 2.24) is 5.32 Å². The highest BCUT2D eigenvalue weighted by Gasteiger charge is 2.41. The molecule has 1 atom stereocenters. The van der Waals surface area contributed by atoms with Gasteiger partial charge in [-0.1, -0.05) is 25.5 Å². The van der Waals surface area contributed by atoms with Crippen LogP contribution in [0.1, 0.15) is 51.1 Å². The lowest BCUT2D eigenvalue weighted by Gasteiger charge is -2.21. The summed E-state index contributed by atoms with van der Waals surface area (Å²) < 4.78 is 0. The van der Waals surface area contributed by atoms with E-state index in [9.17, 15) is 0 Å². The fourth-order valence-electron chi connectivity index (χ4n) is 2.77. The number of rotatable bonds is 7. The highest BCUT2D eigenvalue weighted by Crippen LogP contribution is 2.49. The molecular formula is C17H28N2. The van der Waals surface area contributed by atoms with Crippen LogP contribution >= 0.6 is 0 Å². The van der Waals surface area contributed by atoms with E-state index in [1.54, 1.807) is 0 Å². The lowest BCUT2D eigenvalue weighted by molar-refractivity contribution is 0.397. The average molecular weight is 260 g/mol. The zero-order chi connectivity index (χ0) is 13.9. The van der Waals surface area contributed by atoms with E-state index in [-0.39, 0.29) is 0 Å². The van der Waals surface area contributed by atoms with Gasteiger partial charge in [0.05, 0.1) is 0 Å². The maximum atomic E-state index is 3.72. The molecule has 0 aromatic heterocycles. The first-order chi connectivity index (χ1) is 9.06. The molecule has 1 aromatic carbocycles. The minimum absolute atomic E-state index is 0.450. The Morgan fingerprint density at radius 2 is 1.84 bits per heavy atom. The van der Waals surface area contributed by atoms with E-state index in [0.717, 1.165) is 0 Å². The maximum Gasteiger partial charge on any atom is 0.0361 e. The number of hydrogen-bond donors (Lipinski definition) is 1. The smallest absolute Gasteiger partial charge is 0.0361 e. The van der Waals surface area contributed by atoms with Gasteiger partial charge in [0.15, 0.2) is 0 Å². The summed E-state index contributed by atoms with van der Waals surface area (Å²) in [4.78, 5) is 2.14.